The molecule has 0 aliphatic heterocycles. The molecular formula is C19H23N3O2. The highest BCUT2D eigenvalue weighted by Gasteiger charge is 2.02. The van der Waals surface area contributed by atoms with Crippen LogP contribution in [0.5, 0.6) is 0 Å². The van der Waals surface area contributed by atoms with Crippen LogP contribution in [0.2, 0.25) is 0 Å². The minimum atomic E-state index is -0.0470. The van der Waals surface area contributed by atoms with Crippen molar-refractivity contribution in [3.05, 3.63) is 60.2 Å². The van der Waals surface area contributed by atoms with Gasteiger partial charge in [0.2, 0.25) is 11.8 Å². The van der Waals surface area contributed by atoms with E-state index in [0.717, 1.165) is 17.8 Å². The average Bonchev–Trinajstić information content (AvgIpc) is 2.62. The molecule has 0 atom stereocenters. The Morgan fingerprint density at radius 1 is 0.875 bits per heavy atom. The largest absolute Gasteiger partial charge is 0.376 e. The molecule has 0 saturated heterocycles. The SMILES string of the molecule is CCC(=O)Nc1ccc(NCC(=O)NCCc2ccccc2)cc1. The normalized spacial score (nSPS) is 10.0. The maximum absolute atomic E-state index is 11.8. The third-order valence-electron chi connectivity index (χ3n) is 3.52. The zero-order chi connectivity index (χ0) is 17.2. The third-order valence-corrected chi connectivity index (χ3v) is 3.52. The molecule has 2 aromatic carbocycles. The van der Waals surface area contributed by atoms with E-state index in [-0.39, 0.29) is 18.4 Å². The van der Waals surface area contributed by atoms with Crippen LogP contribution in [0.15, 0.2) is 54.6 Å². The Bertz CT molecular complexity index is 654. The summed E-state index contributed by atoms with van der Waals surface area (Å²) in [5.41, 5.74) is 2.79. The fourth-order valence-electron chi connectivity index (χ4n) is 2.16. The Balaban J connectivity index is 1.68. The van der Waals surface area contributed by atoms with Gasteiger partial charge in [-0.15, -0.1) is 0 Å². The average molecular weight is 325 g/mol. The third kappa shape index (κ3) is 6.12. The molecule has 0 bridgehead atoms. The van der Waals surface area contributed by atoms with Crippen LogP contribution >= 0.6 is 0 Å². The molecule has 24 heavy (non-hydrogen) atoms. The summed E-state index contributed by atoms with van der Waals surface area (Å²) in [4.78, 5) is 23.1. The summed E-state index contributed by atoms with van der Waals surface area (Å²) in [5.74, 6) is -0.0669. The maximum atomic E-state index is 11.8. The van der Waals surface area contributed by atoms with E-state index in [9.17, 15) is 9.59 Å². The Kier molecular flexibility index (Phi) is 6.83. The minimum Gasteiger partial charge on any atom is -0.376 e. The summed E-state index contributed by atoms with van der Waals surface area (Å²) in [7, 11) is 0. The van der Waals surface area contributed by atoms with Crippen LogP contribution in [0.1, 0.15) is 18.9 Å². The maximum Gasteiger partial charge on any atom is 0.239 e. The van der Waals surface area contributed by atoms with Gasteiger partial charge in [0.1, 0.15) is 0 Å². The van der Waals surface area contributed by atoms with Crippen LogP contribution in [0, 0.1) is 0 Å². The molecule has 0 aromatic heterocycles. The topological polar surface area (TPSA) is 70.2 Å². The first-order valence-electron chi connectivity index (χ1n) is 8.12. The number of carbonyl (C=O) groups excluding carboxylic acids is 2. The van der Waals surface area contributed by atoms with Gasteiger partial charge in [-0.3, -0.25) is 9.59 Å². The fourth-order valence-corrected chi connectivity index (χ4v) is 2.16. The van der Waals surface area contributed by atoms with Gasteiger partial charge in [0.15, 0.2) is 0 Å². The molecule has 126 valence electrons. The van der Waals surface area contributed by atoms with E-state index in [2.05, 4.69) is 16.0 Å². The first kappa shape index (κ1) is 17.5. The van der Waals surface area contributed by atoms with Gasteiger partial charge in [-0.05, 0) is 36.2 Å². The standard InChI is InChI=1S/C19H23N3O2/c1-2-18(23)22-17-10-8-16(9-11-17)21-14-19(24)20-13-12-15-6-4-3-5-7-15/h3-11,21H,2,12-14H2,1H3,(H,20,24)(H,22,23). The molecule has 0 unspecified atom stereocenters. The number of hydrogen-bond acceptors (Lipinski definition) is 3. The Morgan fingerprint density at radius 2 is 1.54 bits per heavy atom. The Labute approximate surface area is 142 Å². The quantitative estimate of drug-likeness (QED) is 0.699. The van der Waals surface area contributed by atoms with E-state index in [0.29, 0.717) is 13.0 Å². The van der Waals surface area contributed by atoms with Crippen molar-refractivity contribution in [2.24, 2.45) is 0 Å². The fraction of sp³-hybridized carbons (Fsp3) is 0.263. The summed E-state index contributed by atoms with van der Waals surface area (Å²) in [5, 5.41) is 8.73. The highest BCUT2D eigenvalue weighted by atomic mass is 16.2. The van der Waals surface area contributed by atoms with Gasteiger partial charge in [-0.2, -0.15) is 0 Å². The molecule has 0 fully saturated rings. The lowest BCUT2D eigenvalue weighted by molar-refractivity contribution is -0.119. The van der Waals surface area contributed by atoms with E-state index in [1.54, 1.807) is 0 Å². The first-order valence-corrected chi connectivity index (χ1v) is 8.12. The number of anilines is 2. The first-order chi connectivity index (χ1) is 11.7. The Hall–Kier alpha value is -2.82. The van der Waals surface area contributed by atoms with E-state index < -0.39 is 0 Å². The molecule has 0 saturated carbocycles. The van der Waals surface area contributed by atoms with Crippen molar-refractivity contribution in [2.75, 3.05) is 23.7 Å². The van der Waals surface area contributed by atoms with E-state index in [4.69, 9.17) is 0 Å². The van der Waals surface area contributed by atoms with Crippen LogP contribution in [0.4, 0.5) is 11.4 Å². The van der Waals surface area contributed by atoms with Gasteiger partial charge in [0.25, 0.3) is 0 Å². The van der Waals surface area contributed by atoms with Crippen molar-refractivity contribution in [3.63, 3.8) is 0 Å². The van der Waals surface area contributed by atoms with E-state index in [1.165, 1.54) is 5.56 Å². The van der Waals surface area contributed by atoms with Crippen molar-refractivity contribution in [2.45, 2.75) is 19.8 Å². The minimum absolute atomic E-state index is 0.0199. The van der Waals surface area contributed by atoms with Crippen molar-refractivity contribution in [1.29, 1.82) is 0 Å². The molecule has 2 amide bonds. The molecule has 0 aliphatic rings. The highest BCUT2D eigenvalue weighted by Crippen LogP contribution is 2.13. The Morgan fingerprint density at radius 3 is 2.21 bits per heavy atom. The van der Waals surface area contributed by atoms with Crippen LogP contribution < -0.4 is 16.0 Å². The van der Waals surface area contributed by atoms with Crippen LogP contribution in [-0.4, -0.2) is 24.9 Å². The predicted molar refractivity (Wildman–Crippen MR) is 97.0 cm³/mol. The van der Waals surface area contributed by atoms with Crippen LogP contribution in [0.25, 0.3) is 0 Å². The lowest BCUT2D eigenvalue weighted by Crippen LogP contribution is -2.31. The van der Waals surface area contributed by atoms with Gasteiger partial charge in [-0.1, -0.05) is 37.3 Å². The van der Waals surface area contributed by atoms with Gasteiger partial charge in [0.05, 0.1) is 6.54 Å². The van der Waals surface area contributed by atoms with Crippen molar-refractivity contribution in [3.8, 4) is 0 Å². The summed E-state index contributed by atoms with van der Waals surface area (Å²) in [6, 6.07) is 17.3. The number of rotatable bonds is 8. The zero-order valence-corrected chi connectivity index (χ0v) is 13.8. The van der Waals surface area contributed by atoms with Crippen molar-refractivity contribution >= 4 is 23.2 Å². The second-order valence-corrected chi connectivity index (χ2v) is 5.42. The number of amides is 2. The number of carbonyl (C=O) groups is 2. The number of hydrogen-bond donors (Lipinski definition) is 3. The van der Waals surface area contributed by atoms with E-state index >= 15 is 0 Å². The van der Waals surface area contributed by atoms with E-state index in [1.807, 2.05) is 61.5 Å². The van der Waals surface area contributed by atoms with Crippen LogP contribution in [-0.2, 0) is 16.0 Å². The second-order valence-electron chi connectivity index (χ2n) is 5.42. The van der Waals surface area contributed by atoms with Crippen LogP contribution in [0.3, 0.4) is 0 Å². The second kappa shape index (κ2) is 9.35. The van der Waals surface area contributed by atoms with Gasteiger partial charge in [-0.25, -0.2) is 0 Å². The van der Waals surface area contributed by atoms with Crippen molar-refractivity contribution < 1.29 is 9.59 Å². The zero-order valence-electron chi connectivity index (χ0n) is 13.8. The predicted octanol–water partition coefficient (Wildman–Crippen LogP) is 2.81. The van der Waals surface area contributed by atoms with Crippen molar-refractivity contribution in [1.82, 2.24) is 5.32 Å². The van der Waals surface area contributed by atoms with Gasteiger partial charge < -0.3 is 16.0 Å². The molecule has 0 spiro atoms. The molecule has 2 aromatic rings. The molecule has 5 nitrogen and oxygen atoms in total. The monoisotopic (exact) mass is 325 g/mol. The number of nitrogens with one attached hydrogen (secondary N) is 3. The van der Waals surface area contributed by atoms with Gasteiger partial charge in [0, 0.05) is 24.3 Å². The molecule has 3 N–H and O–H groups in total. The summed E-state index contributed by atoms with van der Waals surface area (Å²) in [6.07, 6.45) is 1.27. The summed E-state index contributed by atoms with van der Waals surface area (Å²) < 4.78 is 0. The smallest absolute Gasteiger partial charge is 0.239 e. The summed E-state index contributed by atoms with van der Waals surface area (Å²) in [6.45, 7) is 2.64. The van der Waals surface area contributed by atoms with Gasteiger partial charge >= 0.3 is 0 Å². The molecule has 5 heteroatoms. The molecule has 0 heterocycles. The highest BCUT2D eigenvalue weighted by molar-refractivity contribution is 5.90. The molecule has 0 aliphatic carbocycles. The molecular weight excluding hydrogens is 302 g/mol. The molecule has 0 radical (unpaired) electrons. The summed E-state index contributed by atoms with van der Waals surface area (Å²) >= 11 is 0. The number of benzene rings is 2. The molecule has 2 rings (SSSR count). The lowest BCUT2D eigenvalue weighted by Gasteiger charge is -2.09. The lowest BCUT2D eigenvalue weighted by atomic mass is 10.1.